The molecular formula is C24H22N4O5S. The van der Waals surface area contributed by atoms with E-state index in [4.69, 9.17) is 9.15 Å². The van der Waals surface area contributed by atoms with Crippen LogP contribution in [0.3, 0.4) is 0 Å². The third kappa shape index (κ3) is 5.59. The lowest BCUT2D eigenvalue weighted by atomic mass is 10.2. The third-order valence-corrected chi connectivity index (χ3v) is 5.24. The van der Waals surface area contributed by atoms with Gasteiger partial charge in [0.05, 0.1) is 23.2 Å². The van der Waals surface area contributed by atoms with Gasteiger partial charge in [0, 0.05) is 58.0 Å². The molecule has 0 bridgehead atoms. The molecule has 0 unspecified atom stereocenters. The van der Waals surface area contributed by atoms with Gasteiger partial charge in [-0.2, -0.15) is 4.36 Å². The summed E-state index contributed by atoms with van der Waals surface area (Å²) in [5.74, 6) is 0.354. The van der Waals surface area contributed by atoms with Crippen molar-refractivity contribution in [1.82, 2.24) is 9.97 Å². The fourth-order valence-electron chi connectivity index (χ4n) is 3.11. The molecule has 34 heavy (non-hydrogen) atoms. The van der Waals surface area contributed by atoms with E-state index in [-0.39, 0.29) is 17.2 Å². The lowest BCUT2D eigenvalue weighted by molar-refractivity contribution is 0.0991. The molecule has 0 aliphatic carbocycles. The Kier molecular flexibility index (Phi) is 6.33. The van der Waals surface area contributed by atoms with Crippen LogP contribution in [0.2, 0.25) is 0 Å². The van der Waals surface area contributed by atoms with E-state index < -0.39 is 15.6 Å². The molecule has 3 heterocycles. The molecule has 4 aromatic rings. The van der Waals surface area contributed by atoms with Gasteiger partial charge >= 0.3 is 0 Å². The Morgan fingerprint density at radius 1 is 1.12 bits per heavy atom. The van der Waals surface area contributed by atoms with Crippen LogP contribution in [-0.2, 0) is 9.73 Å². The van der Waals surface area contributed by atoms with Crippen molar-refractivity contribution in [3.05, 3.63) is 84.1 Å². The number of H-pyrrole nitrogens is 1. The number of nitrogens with zero attached hydrogens (tertiary/aromatic N) is 2. The molecule has 0 aliphatic rings. The number of anilines is 1. The van der Waals surface area contributed by atoms with Crippen molar-refractivity contribution in [1.29, 1.82) is 0 Å². The number of nitrogens with one attached hydrogen (secondary N) is 2. The Bertz CT molecular complexity index is 1490. The van der Waals surface area contributed by atoms with Crippen LogP contribution in [-0.4, -0.2) is 38.5 Å². The van der Waals surface area contributed by atoms with Crippen LogP contribution in [0.15, 0.2) is 76.0 Å². The number of aryl methyl sites for hydroxylation is 1. The molecule has 0 aliphatic heterocycles. The summed E-state index contributed by atoms with van der Waals surface area (Å²) in [6.45, 7) is 1.79. The third-order valence-electron chi connectivity index (χ3n) is 4.64. The first-order valence-electron chi connectivity index (χ1n) is 10.2. The number of rotatable bonds is 6. The van der Waals surface area contributed by atoms with E-state index in [1.807, 2.05) is 0 Å². The van der Waals surface area contributed by atoms with Crippen LogP contribution < -0.4 is 10.1 Å². The molecule has 2 N–H and O–H groups in total. The molecule has 4 rings (SSSR count). The Labute approximate surface area is 196 Å². The second kappa shape index (κ2) is 9.36. The number of pyridine rings is 1. The van der Waals surface area contributed by atoms with Crippen molar-refractivity contribution in [3.8, 4) is 22.9 Å². The summed E-state index contributed by atoms with van der Waals surface area (Å²) >= 11 is 0. The summed E-state index contributed by atoms with van der Waals surface area (Å²) in [5, 5.41) is 2.79. The Hall–Kier alpha value is -4.18. The van der Waals surface area contributed by atoms with Gasteiger partial charge in [-0.05, 0) is 37.3 Å². The molecule has 10 heteroatoms. The number of ether oxygens (including phenoxy) is 1. The SMILES string of the molecule is Cc1ccoc1C(=O)Nc1cccc(Oc2ccnc(-c3cc(C(=O)N=S(C)(C)=O)c[nH]3)c2)c1. The molecule has 0 fully saturated rings. The predicted octanol–water partition coefficient (Wildman–Crippen LogP) is 4.89. The van der Waals surface area contributed by atoms with Crippen molar-refractivity contribution < 1.29 is 23.0 Å². The van der Waals surface area contributed by atoms with E-state index in [2.05, 4.69) is 19.6 Å². The van der Waals surface area contributed by atoms with Crippen molar-refractivity contribution in [2.75, 3.05) is 17.8 Å². The van der Waals surface area contributed by atoms with Gasteiger partial charge in [-0.3, -0.25) is 14.6 Å². The maximum absolute atomic E-state index is 12.4. The molecular weight excluding hydrogens is 456 g/mol. The molecule has 0 saturated heterocycles. The standard InChI is InChI=1S/C24H22N4O5S/c1-15-8-10-32-22(15)24(30)27-17-5-4-6-18(12-17)33-19-7-9-25-21(13-19)20-11-16(14-26-20)23(29)28-34(2,3)31/h4-14,26H,1-3H3,(H,27,30). The molecule has 2 amide bonds. The van der Waals surface area contributed by atoms with Gasteiger partial charge in [0.15, 0.2) is 5.76 Å². The topological polar surface area (TPSA) is 127 Å². The smallest absolute Gasteiger partial charge is 0.291 e. The zero-order valence-electron chi connectivity index (χ0n) is 18.7. The van der Waals surface area contributed by atoms with Gasteiger partial charge in [0.1, 0.15) is 11.5 Å². The first-order chi connectivity index (χ1) is 16.2. The van der Waals surface area contributed by atoms with E-state index in [1.165, 1.54) is 25.0 Å². The van der Waals surface area contributed by atoms with Gasteiger partial charge in [-0.15, -0.1) is 0 Å². The summed E-state index contributed by atoms with van der Waals surface area (Å²) < 4.78 is 26.6. The minimum Gasteiger partial charge on any atom is -0.459 e. The Balaban J connectivity index is 1.50. The van der Waals surface area contributed by atoms with E-state index >= 15 is 0 Å². The summed E-state index contributed by atoms with van der Waals surface area (Å²) in [6.07, 6.45) is 7.34. The number of carbonyl (C=O) groups is 2. The van der Waals surface area contributed by atoms with Crippen LogP contribution in [0.1, 0.15) is 26.5 Å². The quantitative estimate of drug-likeness (QED) is 0.406. The Morgan fingerprint density at radius 3 is 2.65 bits per heavy atom. The van der Waals surface area contributed by atoms with E-state index in [0.717, 1.165) is 5.56 Å². The molecule has 174 valence electrons. The number of benzene rings is 1. The van der Waals surface area contributed by atoms with Crippen LogP contribution in [0.25, 0.3) is 11.4 Å². The molecule has 0 radical (unpaired) electrons. The summed E-state index contributed by atoms with van der Waals surface area (Å²) in [5.41, 5.74) is 2.71. The lowest BCUT2D eigenvalue weighted by Gasteiger charge is -2.09. The van der Waals surface area contributed by atoms with E-state index in [9.17, 15) is 13.8 Å². The fourth-order valence-corrected chi connectivity index (χ4v) is 3.61. The van der Waals surface area contributed by atoms with Crippen LogP contribution in [0, 0.1) is 6.92 Å². The summed E-state index contributed by atoms with van der Waals surface area (Å²) in [7, 11) is -2.55. The molecule has 3 aromatic heterocycles. The molecule has 0 spiro atoms. The second-order valence-corrected chi connectivity index (χ2v) is 10.3. The number of furan rings is 1. The zero-order chi connectivity index (χ0) is 24.3. The minimum absolute atomic E-state index is 0.252. The molecule has 0 saturated carbocycles. The number of aromatic nitrogens is 2. The van der Waals surface area contributed by atoms with Crippen molar-refractivity contribution in [2.45, 2.75) is 6.92 Å². The van der Waals surface area contributed by atoms with Crippen molar-refractivity contribution >= 4 is 27.2 Å². The number of amides is 2. The number of carbonyl (C=O) groups excluding carboxylic acids is 2. The highest BCUT2D eigenvalue weighted by molar-refractivity contribution is 7.92. The Morgan fingerprint density at radius 2 is 1.91 bits per heavy atom. The number of aromatic amines is 1. The average molecular weight is 479 g/mol. The monoisotopic (exact) mass is 478 g/mol. The normalized spacial score (nSPS) is 11.1. The minimum atomic E-state index is -2.55. The maximum atomic E-state index is 12.4. The molecule has 9 nitrogen and oxygen atoms in total. The highest BCUT2D eigenvalue weighted by atomic mass is 32.2. The average Bonchev–Trinajstić information content (AvgIpc) is 3.42. The van der Waals surface area contributed by atoms with Gasteiger partial charge in [0.25, 0.3) is 11.8 Å². The van der Waals surface area contributed by atoms with E-state index in [0.29, 0.717) is 28.6 Å². The zero-order valence-corrected chi connectivity index (χ0v) is 19.5. The summed E-state index contributed by atoms with van der Waals surface area (Å²) in [4.78, 5) is 31.9. The first kappa shape index (κ1) is 23.0. The first-order valence-corrected chi connectivity index (χ1v) is 12.5. The van der Waals surface area contributed by atoms with Crippen LogP contribution in [0.4, 0.5) is 5.69 Å². The van der Waals surface area contributed by atoms with Crippen LogP contribution >= 0.6 is 0 Å². The van der Waals surface area contributed by atoms with Crippen LogP contribution in [0.5, 0.6) is 11.5 Å². The maximum Gasteiger partial charge on any atom is 0.291 e. The fraction of sp³-hybridized carbons (Fsp3) is 0.125. The largest absolute Gasteiger partial charge is 0.459 e. The van der Waals surface area contributed by atoms with Gasteiger partial charge in [-0.25, -0.2) is 4.21 Å². The number of hydrogen-bond acceptors (Lipinski definition) is 6. The van der Waals surface area contributed by atoms with Gasteiger partial charge in [-0.1, -0.05) is 6.07 Å². The predicted molar refractivity (Wildman–Crippen MR) is 129 cm³/mol. The van der Waals surface area contributed by atoms with Crippen molar-refractivity contribution in [3.63, 3.8) is 0 Å². The summed E-state index contributed by atoms with van der Waals surface area (Å²) in [6, 6.07) is 13.7. The number of hydrogen-bond donors (Lipinski definition) is 2. The van der Waals surface area contributed by atoms with E-state index in [1.54, 1.807) is 61.7 Å². The second-order valence-electron chi connectivity index (χ2n) is 7.77. The molecule has 1 aromatic carbocycles. The van der Waals surface area contributed by atoms with Crippen molar-refractivity contribution in [2.24, 2.45) is 4.36 Å². The lowest BCUT2D eigenvalue weighted by Crippen LogP contribution is -2.12. The highest BCUT2D eigenvalue weighted by Gasteiger charge is 2.14. The highest BCUT2D eigenvalue weighted by Crippen LogP contribution is 2.27. The molecule has 0 atom stereocenters. The van der Waals surface area contributed by atoms with Gasteiger partial charge < -0.3 is 19.5 Å². The van der Waals surface area contributed by atoms with Gasteiger partial charge in [0.2, 0.25) is 0 Å².